The van der Waals surface area contributed by atoms with Crippen LogP contribution in [0.5, 0.6) is 0 Å². The van der Waals surface area contributed by atoms with Gasteiger partial charge in [0.1, 0.15) is 5.82 Å². The van der Waals surface area contributed by atoms with Crippen molar-refractivity contribution in [3.63, 3.8) is 0 Å². The number of aromatic nitrogens is 5. The highest BCUT2D eigenvalue weighted by molar-refractivity contribution is 7.98. The lowest BCUT2D eigenvalue weighted by atomic mass is 10.1. The zero-order valence-electron chi connectivity index (χ0n) is 17.3. The van der Waals surface area contributed by atoms with Gasteiger partial charge in [-0.2, -0.15) is 5.10 Å². The third-order valence-electron chi connectivity index (χ3n) is 5.64. The van der Waals surface area contributed by atoms with E-state index in [9.17, 15) is 9.59 Å². The van der Waals surface area contributed by atoms with Crippen LogP contribution in [0.4, 0.5) is 0 Å². The molecule has 0 atom stereocenters. The van der Waals surface area contributed by atoms with Crippen molar-refractivity contribution in [1.82, 2.24) is 29.9 Å². The molecule has 0 bridgehead atoms. The lowest BCUT2D eigenvalue weighted by Crippen LogP contribution is -2.30. The van der Waals surface area contributed by atoms with Crippen molar-refractivity contribution in [2.24, 2.45) is 7.05 Å². The van der Waals surface area contributed by atoms with E-state index in [1.54, 1.807) is 43.1 Å². The molecule has 3 aromatic rings. The largest absolute Gasteiger partial charge is 0.351 e. The number of hydrogen-bond donors (Lipinski definition) is 1. The number of amides is 1. The second-order valence-corrected chi connectivity index (χ2v) is 8.37. The van der Waals surface area contributed by atoms with Crippen molar-refractivity contribution >= 4 is 28.4 Å². The summed E-state index contributed by atoms with van der Waals surface area (Å²) in [5, 5.41) is 17.9. The van der Waals surface area contributed by atoms with Crippen LogP contribution in [0.25, 0.3) is 10.8 Å². The SMILES string of the molecule is CSc1nnc(CCCNC(=O)c2nn(C)c(=O)c3ccccc23)n1C1CCCC1. The minimum atomic E-state index is -0.274. The van der Waals surface area contributed by atoms with E-state index in [2.05, 4.69) is 25.2 Å². The topological polar surface area (TPSA) is 94.7 Å². The smallest absolute Gasteiger partial charge is 0.274 e. The Morgan fingerprint density at radius 3 is 2.67 bits per heavy atom. The van der Waals surface area contributed by atoms with Gasteiger partial charge in [-0.3, -0.25) is 9.59 Å². The molecule has 8 nitrogen and oxygen atoms in total. The average molecular weight is 427 g/mol. The van der Waals surface area contributed by atoms with Crippen LogP contribution in [0.15, 0.2) is 34.2 Å². The monoisotopic (exact) mass is 426 g/mol. The molecule has 0 spiro atoms. The van der Waals surface area contributed by atoms with E-state index >= 15 is 0 Å². The van der Waals surface area contributed by atoms with Crippen molar-refractivity contribution in [2.45, 2.75) is 49.7 Å². The van der Waals surface area contributed by atoms with Crippen LogP contribution >= 0.6 is 11.8 Å². The molecule has 2 aromatic heterocycles. The minimum Gasteiger partial charge on any atom is -0.351 e. The maximum absolute atomic E-state index is 12.7. The summed E-state index contributed by atoms with van der Waals surface area (Å²) < 4.78 is 3.51. The number of carbonyl (C=O) groups excluding carboxylic acids is 1. The maximum atomic E-state index is 12.7. The first kappa shape index (κ1) is 20.6. The molecule has 0 saturated heterocycles. The first-order valence-corrected chi connectivity index (χ1v) is 11.5. The van der Waals surface area contributed by atoms with Crippen LogP contribution in [0, 0.1) is 0 Å². The van der Waals surface area contributed by atoms with Gasteiger partial charge < -0.3 is 9.88 Å². The third-order valence-corrected chi connectivity index (χ3v) is 6.29. The Balaban J connectivity index is 1.42. The highest BCUT2D eigenvalue weighted by atomic mass is 32.2. The Hall–Kier alpha value is -2.68. The van der Waals surface area contributed by atoms with Gasteiger partial charge in [0.25, 0.3) is 11.5 Å². The van der Waals surface area contributed by atoms with E-state index in [0.29, 0.717) is 23.4 Å². The van der Waals surface area contributed by atoms with Crippen LogP contribution < -0.4 is 10.9 Å². The van der Waals surface area contributed by atoms with Gasteiger partial charge >= 0.3 is 0 Å². The molecule has 9 heteroatoms. The van der Waals surface area contributed by atoms with Gasteiger partial charge in [0.15, 0.2) is 10.9 Å². The van der Waals surface area contributed by atoms with E-state index in [1.807, 2.05) is 6.26 Å². The van der Waals surface area contributed by atoms with Gasteiger partial charge in [-0.15, -0.1) is 10.2 Å². The molecule has 0 radical (unpaired) electrons. The highest BCUT2D eigenvalue weighted by Crippen LogP contribution is 2.33. The highest BCUT2D eigenvalue weighted by Gasteiger charge is 2.23. The number of hydrogen-bond acceptors (Lipinski definition) is 6. The molecule has 0 aliphatic heterocycles. The van der Waals surface area contributed by atoms with Gasteiger partial charge in [-0.1, -0.05) is 42.8 Å². The Kier molecular flexibility index (Phi) is 6.17. The summed E-state index contributed by atoms with van der Waals surface area (Å²) >= 11 is 1.63. The zero-order chi connectivity index (χ0) is 21.1. The molecular formula is C21H26N6O2S. The standard InChI is InChI=1S/C21H26N6O2S/c1-26-20(29)16-11-6-5-10-15(16)18(25-26)19(28)22-13-7-12-17-23-24-21(30-2)27(17)14-8-3-4-9-14/h5-6,10-11,14H,3-4,7-9,12-13H2,1-2H3,(H,22,28). The second-order valence-electron chi connectivity index (χ2n) is 7.59. The lowest BCUT2D eigenvalue weighted by Gasteiger charge is -2.16. The number of carbonyl (C=O) groups is 1. The lowest BCUT2D eigenvalue weighted by molar-refractivity contribution is 0.0948. The Bertz CT molecular complexity index is 1120. The van der Waals surface area contributed by atoms with Gasteiger partial charge in [-0.05, 0) is 31.6 Å². The summed E-state index contributed by atoms with van der Waals surface area (Å²) in [4.78, 5) is 25.0. The molecule has 1 saturated carbocycles. The summed E-state index contributed by atoms with van der Waals surface area (Å²) in [7, 11) is 1.56. The van der Waals surface area contributed by atoms with Gasteiger partial charge in [0.05, 0.1) is 5.39 Å². The number of benzene rings is 1. The Morgan fingerprint density at radius 1 is 1.20 bits per heavy atom. The molecule has 1 fully saturated rings. The Labute approximate surface area is 179 Å². The molecule has 1 aliphatic carbocycles. The fourth-order valence-corrected chi connectivity index (χ4v) is 4.72. The molecule has 1 amide bonds. The molecule has 30 heavy (non-hydrogen) atoms. The second kappa shape index (κ2) is 8.99. The van der Waals surface area contributed by atoms with Crippen LogP contribution in [0.3, 0.4) is 0 Å². The number of rotatable bonds is 7. The maximum Gasteiger partial charge on any atom is 0.274 e. The van der Waals surface area contributed by atoms with Crippen molar-refractivity contribution < 1.29 is 4.79 Å². The summed E-state index contributed by atoms with van der Waals surface area (Å²) in [6.45, 7) is 0.504. The van der Waals surface area contributed by atoms with Crippen molar-refractivity contribution in [2.75, 3.05) is 12.8 Å². The normalized spacial score (nSPS) is 14.5. The number of nitrogens with one attached hydrogen (secondary N) is 1. The van der Waals surface area contributed by atoms with Crippen LogP contribution in [-0.4, -0.2) is 43.3 Å². The van der Waals surface area contributed by atoms with Crippen molar-refractivity contribution in [3.05, 3.63) is 46.1 Å². The fraction of sp³-hybridized carbons (Fsp3) is 0.476. The van der Waals surface area contributed by atoms with Crippen molar-refractivity contribution in [1.29, 1.82) is 0 Å². The summed E-state index contributed by atoms with van der Waals surface area (Å²) in [5.41, 5.74) is 0.0597. The predicted molar refractivity (Wildman–Crippen MR) is 117 cm³/mol. The zero-order valence-corrected chi connectivity index (χ0v) is 18.1. The molecule has 158 valence electrons. The van der Waals surface area contributed by atoms with Crippen LogP contribution in [-0.2, 0) is 13.5 Å². The number of nitrogens with zero attached hydrogens (tertiary/aromatic N) is 5. The first-order chi connectivity index (χ1) is 14.6. The van der Waals surface area contributed by atoms with Crippen molar-refractivity contribution in [3.8, 4) is 0 Å². The van der Waals surface area contributed by atoms with E-state index in [4.69, 9.17) is 0 Å². The fourth-order valence-electron chi connectivity index (χ4n) is 4.15. The summed E-state index contributed by atoms with van der Waals surface area (Å²) in [5.74, 6) is 0.718. The minimum absolute atomic E-state index is 0.210. The average Bonchev–Trinajstić information content (AvgIpc) is 3.43. The van der Waals surface area contributed by atoms with Crippen LogP contribution in [0.1, 0.15) is 54.5 Å². The van der Waals surface area contributed by atoms with E-state index < -0.39 is 0 Å². The van der Waals surface area contributed by atoms with E-state index in [0.717, 1.165) is 23.8 Å². The number of fused-ring (bicyclic) bond motifs is 1. The molecule has 1 aliphatic rings. The number of aryl methyl sites for hydroxylation is 2. The molecule has 1 aromatic carbocycles. The van der Waals surface area contributed by atoms with Gasteiger partial charge in [0, 0.05) is 31.4 Å². The molecule has 4 rings (SSSR count). The first-order valence-electron chi connectivity index (χ1n) is 10.3. The van der Waals surface area contributed by atoms with Gasteiger partial charge in [0.2, 0.25) is 0 Å². The predicted octanol–water partition coefficient (Wildman–Crippen LogP) is 2.72. The number of thioether (sulfide) groups is 1. The van der Waals surface area contributed by atoms with Crippen LogP contribution in [0.2, 0.25) is 0 Å². The molecule has 1 N–H and O–H groups in total. The van der Waals surface area contributed by atoms with Gasteiger partial charge in [-0.25, -0.2) is 4.68 Å². The Morgan fingerprint density at radius 2 is 1.93 bits per heavy atom. The van der Waals surface area contributed by atoms with E-state index in [1.165, 1.54) is 30.4 Å². The summed E-state index contributed by atoms with van der Waals surface area (Å²) in [6.07, 6.45) is 8.42. The molecule has 2 heterocycles. The van der Waals surface area contributed by atoms with E-state index in [-0.39, 0.29) is 17.2 Å². The quantitative estimate of drug-likeness (QED) is 0.461. The molecular weight excluding hydrogens is 400 g/mol. The third kappa shape index (κ3) is 3.98. The molecule has 0 unspecified atom stereocenters. The summed E-state index contributed by atoms with van der Waals surface area (Å²) in [6, 6.07) is 7.56.